The zero-order chi connectivity index (χ0) is 13.1. The fourth-order valence-corrected chi connectivity index (χ4v) is 2.61. The summed E-state index contributed by atoms with van der Waals surface area (Å²) < 4.78 is 0. The van der Waals surface area contributed by atoms with Crippen molar-refractivity contribution in [3.63, 3.8) is 0 Å². The molecule has 0 unspecified atom stereocenters. The summed E-state index contributed by atoms with van der Waals surface area (Å²) in [7, 11) is 0. The first kappa shape index (κ1) is 15.0. The summed E-state index contributed by atoms with van der Waals surface area (Å²) in [5, 5.41) is 10.1. The van der Waals surface area contributed by atoms with Crippen LogP contribution in [0.1, 0.15) is 71.1 Å². The molecule has 0 bridgehead atoms. The molecule has 1 N–H and O–H groups in total. The molecule has 2 nitrogen and oxygen atoms in total. The summed E-state index contributed by atoms with van der Waals surface area (Å²) in [4.78, 5) is 0. The molecule has 0 amide bonds. The van der Waals surface area contributed by atoms with Gasteiger partial charge in [0.2, 0.25) is 0 Å². The lowest BCUT2D eigenvalue weighted by Gasteiger charge is -2.09. The first-order valence-corrected chi connectivity index (χ1v) is 7.39. The van der Waals surface area contributed by atoms with E-state index in [1.807, 2.05) is 0 Å². The lowest BCUT2D eigenvalue weighted by molar-refractivity contribution is 0.321. The van der Waals surface area contributed by atoms with E-state index >= 15 is 0 Å². The maximum Gasteiger partial charge on any atom is 0.0404 e. The van der Waals surface area contributed by atoms with Crippen molar-refractivity contribution < 1.29 is 5.21 Å². The molecule has 0 aromatic carbocycles. The van der Waals surface area contributed by atoms with Gasteiger partial charge in [0.25, 0.3) is 0 Å². The fourth-order valence-electron chi connectivity index (χ4n) is 2.61. The highest BCUT2D eigenvalue weighted by molar-refractivity contribution is 5.51. The molecular formula is C16H27NO. The molecule has 2 heteroatoms. The average Bonchev–Trinajstić information content (AvgIpc) is 2.83. The van der Waals surface area contributed by atoms with Crippen LogP contribution in [-0.4, -0.2) is 11.4 Å². The summed E-state index contributed by atoms with van der Waals surface area (Å²) in [6, 6.07) is 0. The summed E-state index contributed by atoms with van der Waals surface area (Å²) in [6.07, 6.45) is 20.2. The Hall–Kier alpha value is -1.05. The molecule has 102 valence electrons. The minimum atomic E-state index is 1.31. The third-order valence-corrected chi connectivity index (χ3v) is 3.61. The Morgan fingerprint density at radius 3 is 1.72 bits per heavy atom. The van der Waals surface area contributed by atoms with Crippen LogP contribution in [0.2, 0.25) is 0 Å². The second kappa shape index (κ2) is 9.93. The normalized spacial score (nSPS) is 21.2. The number of hydrogen-bond acceptors (Lipinski definition) is 2. The van der Waals surface area contributed by atoms with E-state index < -0.39 is 0 Å². The van der Waals surface area contributed by atoms with Gasteiger partial charge in [-0.2, -0.15) is 0 Å². The van der Waals surface area contributed by atoms with Crippen LogP contribution in [0.4, 0.5) is 0 Å². The second-order valence-corrected chi connectivity index (χ2v) is 5.03. The summed E-state index contributed by atoms with van der Waals surface area (Å²) >= 11 is 0. The van der Waals surface area contributed by atoms with Gasteiger partial charge in [-0.25, -0.2) is 0 Å². The van der Waals surface area contributed by atoms with Crippen LogP contribution in [-0.2, 0) is 0 Å². The number of rotatable bonds is 1. The number of nitrogens with zero attached hydrogens (tertiary/aromatic N) is 1. The molecule has 2 rings (SSSR count). The Bertz CT molecular complexity index is 272. The van der Waals surface area contributed by atoms with E-state index in [1.54, 1.807) is 18.1 Å². The Balaban J connectivity index is 0.000000357. The van der Waals surface area contributed by atoms with Gasteiger partial charge in [0.05, 0.1) is 0 Å². The van der Waals surface area contributed by atoms with Crippen molar-refractivity contribution in [1.82, 2.24) is 0 Å². The second-order valence-electron chi connectivity index (χ2n) is 5.03. The summed E-state index contributed by atoms with van der Waals surface area (Å²) in [6.45, 7) is 1.64. The third kappa shape index (κ3) is 6.04. The minimum Gasteiger partial charge on any atom is -0.411 e. The van der Waals surface area contributed by atoms with Crippen LogP contribution in [0.25, 0.3) is 0 Å². The van der Waals surface area contributed by atoms with Crippen LogP contribution < -0.4 is 0 Å². The molecule has 0 fully saturated rings. The minimum absolute atomic E-state index is 1.31. The van der Waals surface area contributed by atoms with E-state index in [9.17, 15) is 0 Å². The quantitative estimate of drug-likeness (QED) is 0.385. The van der Waals surface area contributed by atoms with Gasteiger partial charge in [0, 0.05) is 6.21 Å². The molecule has 18 heavy (non-hydrogen) atoms. The molecule has 0 heterocycles. The van der Waals surface area contributed by atoms with Crippen molar-refractivity contribution >= 4 is 6.21 Å². The maximum atomic E-state index is 7.44. The van der Waals surface area contributed by atoms with Crippen LogP contribution in [0.5, 0.6) is 0 Å². The summed E-state index contributed by atoms with van der Waals surface area (Å²) in [5.74, 6) is 0. The van der Waals surface area contributed by atoms with E-state index in [4.69, 9.17) is 5.21 Å². The lowest BCUT2D eigenvalue weighted by atomic mass is 9.97. The van der Waals surface area contributed by atoms with Gasteiger partial charge in [-0.1, -0.05) is 25.0 Å². The molecule has 0 aromatic rings. The van der Waals surface area contributed by atoms with Gasteiger partial charge in [0.1, 0.15) is 0 Å². The van der Waals surface area contributed by atoms with E-state index in [-0.39, 0.29) is 0 Å². The van der Waals surface area contributed by atoms with Gasteiger partial charge in [-0.15, -0.1) is 5.16 Å². The third-order valence-electron chi connectivity index (χ3n) is 3.61. The molecule has 2 aliphatic rings. The van der Waals surface area contributed by atoms with Gasteiger partial charge in [0.15, 0.2) is 0 Å². The van der Waals surface area contributed by atoms with Gasteiger partial charge >= 0.3 is 0 Å². The van der Waals surface area contributed by atoms with E-state index in [0.29, 0.717) is 0 Å². The van der Waals surface area contributed by atoms with E-state index in [2.05, 4.69) is 17.3 Å². The Labute approximate surface area is 111 Å². The van der Waals surface area contributed by atoms with Crippen molar-refractivity contribution in [3.8, 4) is 0 Å². The molecule has 0 saturated heterocycles. The number of hydrogen-bond donors (Lipinski definition) is 1. The molecule has 0 atom stereocenters. The van der Waals surface area contributed by atoms with E-state index in [0.717, 1.165) is 0 Å². The zero-order valence-electron chi connectivity index (χ0n) is 11.7. The van der Waals surface area contributed by atoms with Gasteiger partial charge in [-0.3, -0.25) is 0 Å². The highest BCUT2D eigenvalue weighted by Gasteiger charge is 2.09. The predicted molar refractivity (Wildman–Crippen MR) is 78.3 cm³/mol. The Morgan fingerprint density at radius 2 is 1.33 bits per heavy atom. The number of allylic oxidation sites excluding steroid dienone is 4. The molecular weight excluding hydrogens is 222 g/mol. The molecule has 0 saturated carbocycles. The Kier molecular flexibility index (Phi) is 8.28. The first-order chi connectivity index (χ1) is 8.88. The topological polar surface area (TPSA) is 32.6 Å². The Morgan fingerprint density at radius 1 is 0.889 bits per heavy atom. The molecule has 0 aromatic heterocycles. The standard InChI is InChI=1S/C14H22.C2H5NO/c1-2-6-10-13(9-5-1)14-11-7-3-4-8-12-14;1-2-3-4/h9,11H,1-8,10,12H2;2,4H,1H3. The predicted octanol–water partition coefficient (Wildman–Crippen LogP) is 5.23. The van der Waals surface area contributed by atoms with Gasteiger partial charge < -0.3 is 5.21 Å². The lowest BCUT2D eigenvalue weighted by Crippen LogP contribution is -1.89. The fraction of sp³-hybridized carbons (Fsp3) is 0.688. The molecule has 0 aliphatic heterocycles. The van der Waals surface area contributed by atoms with Crippen molar-refractivity contribution in [2.24, 2.45) is 5.16 Å². The molecule has 0 radical (unpaired) electrons. The van der Waals surface area contributed by atoms with Crippen LogP contribution >= 0.6 is 0 Å². The van der Waals surface area contributed by atoms with Crippen molar-refractivity contribution in [1.29, 1.82) is 0 Å². The zero-order valence-corrected chi connectivity index (χ0v) is 11.7. The van der Waals surface area contributed by atoms with E-state index in [1.165, 1.54) is 70.4 Å². The highest BCUT2D eigenvalue weighted by atomic mass is 16.4. The van der Waals surface area contributed by atoms with Crippen molar-refractivity contribution in [3.05, 3.63) is 23.3 Å². The summed E-state index contributed by atoms with van der Waals surface area (Å²) in [5.41, 5.74) is 3.40. The largest absolute Gasteiger partial charge is 0.411 e. The van der Waals surface area contributed by atoms with Crippen molar-refractivity contribution in [2.75, 3.05) is 0 Å². The van der Waals surface area contributed by atoms with Crippen LogP contribution in [0.15, 0.2) is 28.5 Å². The SMILES string of the molecule is C1=C(C2=CCCCCC2)CCCCC1.CC=NO. The molecule has 0 spiro atoms. The smallest absolute Gasteiger partial charge is 0.0404 e. The van der Waals surface area contributed by atoms with Gasteiger partial charge in [-0.05, 0) is 69.4 Å². The van der Waals surface area contributed by atoms with Crippen LogP contribution in [0, 0.1) is 0 Å². The monoisotopic (exact) mass is 249 g/mol. The molecule has 2 aliphatic carbocycles. The van der Waals surface area contributed by atoms with Crippen LogP contribution in [0.3, 0.4) is 0 Å². The highest BCUT2D eigenvalue weighted by Crippen LogP contribution is 2.29. The van der Waals surface area contributed by atoms with Crippen molar-refractivity contribution in [2.45, 2.75) is 71.1 Å². The maximum absolute atomic E-state index is 7.44. The number of oxime groups is 1. The first-order valence-electron chi connectivity index (χ1n) is 7.39. The average molecular weight is 249 g/mol.